The first-order valence-corrected chi connectivity index (χ1v) is 6.43. The Morgan fingerprint density at radius 1 is 1.11 bits per heavy atom. The van der Waals surface area contributed by atoms with Gasteiger partial charge in [0.2, 0.25) is 22.4 Å². The summed E-state index contributed by atoms with van der Waals surface area (Å²) in [5.41, 5.74) is 5.28. The molecule has 98 valence electrons. The summed E-state index contributed by atoms with van der Waals surface area (Å²) >= 11 is 11.4. The maximum atomic E-state index is 11.0. The van der Waals surface area contributed by atoms with E-state index in [1.54, 1.807) is 0 Å². The minimum Gasteiger partial charge on any atom is -0.369 e. The summed E-state index contributed by atoms with van der Waals surface area (Å²) in [6, 6.07) is 0.204. The molecule has 1 aliphatic rings. The number of nitrogens with two attached hydrogens (primary N) is 1. The van der Waals surface area contributed by atoms with Crippen LogP contribution in [0.25, 0.3) is 0 Å². The molecule has 1 heterocycles. The highest BCUT2D eigenvalue weighted by atomic mass is 35.5. The predicted molar refractivity (Wildman–Crippen MR) is 68.4 cm³/mol. The Morgan fingerprint density at radius 3 is 2.17 bits per heavy atom. The molecule has 0 bridgehead atoms. The Balaban J connectivity index is 1.93. The number of hydrogen-bond donors (Lipinski definition) is 2. The monoisotopic (exact) mass is 289 g/mol. The third-order valence-electron chi connectivity index (χ3n) is 3.04. The van der Waals surface area contributed by atoms with Crippen LogP contribution in [0.3, 0.4) is 0 Å². The van der Waals surface area contributed by atoms with Gasteiger partial charge in [0.05, 0.1) is 0 Å². The van der Waals surface area contributed by atoms with Crippen LogP contribution in [0.4, 0.5) is 5.95 Å². The van der Waals surface area contributed by atoms with Crippen molar-refractivity contribution >= 4 is 35.1 Å². The molecular weight excluding hydrogens is 277 g/mol. The Morgan fingerprint density at radius 2 is 1.67 bits per heavy atom. The molecule has 1 aromatic heterocycles. The van der Waals surface area contributed by atoms with Crippen molar-refractivity contribution in [2.75, 3.05) is 5.32 Å². The SMILES string of the molecule is NC(=O)C1CCC(Nc2nc(Cl)nc(Cl)n2)CC1. The fraction of sp³-hybridized carbons (Fsp3) is 0.600. The van der Waals surface area contributed by atoms with Gasteiger partial charge in [0.1, 0.15) is 0 Å². The second kappa shape index (κ2) is 5.67. The van der Waals surface area contributed by atoms with E-state index in [0.717, 1.165) is 25.7 Å². The van der Waals surface area contributed by atoms with Crippen LogP contribution in [-0.2, 0) is 4.79 Å². The minimum absolute atomic E-state index is 0.0198. The van der Waals surface area contributed by atoms with Crippen LogP contribution in [-0.4, -0.2) is 26.9 Å². The van der Waals surface area contributed by atoms with E-state index in [1.807, 2.05) is 0 Å². The van der Waals surface area contributed by atoms with Gasteiger partial charge in [0.25, 0.3) is 0 Å². The molecule has 0 radical (unpaired) electrons. The van der Waals surface area contributed by atoms with Crippen LogP contribution in [0.5, 0.6) is 0 Å². The van der Waals surface area contributed by atoms with Gasteiger partial charge in [-0.15, -0.1) is 0 Å². The fourth-order valence-corrected chi connectivity index (χ4v) is 2.46. The zero-order valence-corrected chi connectivity index (χ0v) is 11.1. The molecule has 1 fully saturated rings. The Kier molecular flexibility index (Phi) is 4.19. The molecule has 1 amide bonds. The first-order chi connectivity index (χ1) is 8.54. The maximum absolute atomic E-state index is 11.0. The molecule has 1 aliphatic carbocycles. The number of halogens is 2. The van der Waals surface area contributed by atoms with Gasteiger partial charge in [-0.05, 0) is 48.9 Å². The number of carbonyl (C=O) groups is 1. The quantitative estimate of drug-likeness (QED) is 0.882. The zero-order chi connectivity index (χ0) is 13.1. The lowest BCUT2D eigenvalue weighted by molar-refractivity contribution is -0.122. The van der Waals surface area contributed by atoms with E-state index in [0.29, 0.717) is 5.95 Å². The van der Waals surface area contributed by atoms with Crippen LogP contribution >= 0.6 is 23.2 Å². The highest BCUT2D eigenvalue weighted by molar-refractivity contribution is 6.31. The fourth-order valence-electron chi connectivity index (χ4n) is 2.10. The molecule has 0 unspecified atom stereocenters. The number of rotatable bonds is 3. The third kappa shape index (κ3) is 3.43. The smallest absolute Gasteiger partial charge is 0.228 e. The molecule has 0 aliphatic heterocycles. The molecule has 0 saturated heterocycles. The van der Waals surface area contributed by atoms with E-state index >= 15 is 0 Å². The lowest BCUT2D eigenvalue weighted by Gasteiger charge is -2.27. The van der Waals surface area contributed by atoms with Gasteiger partial charge in [0.15, 0.2) is 0 Å². The van der Waals surface area contributed by atoms with Crippen LogP contribution in [0.1, 0.15) is 25.7 Å². The minimum atomic E-state index is -0.222. The van der Waals surface area contributed by atoms with Gasteiger partial charge in [-0.3, -0.25) is 4.79 Å². The number of aromatic nitrogens is 3. The van der Waals surface area contributed by atoms with Crippen molar-refractivity contribution < 1.29 is 4.79 Å². The topological polar surface area (TPSA) is 93.8 Å². The van der Waals surface area contributed by atoms with Crippen molar-refractivity contribution in [3.05, 3.63) is 10.6 Å². The van der Waals surface area contributed by atoms with Gasteiger partial charge >= 0.3 is 0 Å². The molecule has 8 heteroatoms. The summed E-state index contributed by atoms with van der Waals surface area (Å²) in [6.07, 6.45) is 3.24. The van der Waals surface area contributed by atoms with Crippen LogP contribution < -0.4 is 11.1 Å². The second-order valence-corrected chi connectivity index (χ2v) is 4.97. The van der Waals surface area contributed by atoms with Crippen LogP contribution in [0, 0.1) is 5.92 Å². The number of amides is 1. The van der Waals surface area contributed by atoms with E-state index in [4.69, 9.17) is 28.9 Å². The zero-order valence-electron chi connectivity index (χ0n) is 9.57. The van der Waals surface area contributed by atoms with Crippen LogP contribution in [0.15, 0.2) is 0 Å². The standard InChI is InChI=1S/C10H13Cl2N5O/c11-8-15-9(12)17-10(16-8)14-6-3-1-5(2-4-6)7(13)18/h5-6H,1-4H2,(H2,13,18)(H,14,15,16,17). The van der Waals surface area contributed by atoms with Crippen molar-refractivity contribution in [1.29, 1.82) is 0 Å². The number of nitrogens with one attached hydrogen (secondary N) is 1. The molecule has 6 nitrogen and oxygen atoms in total. The molecule has 3 N–H and O–H groups in total. The van der Waals surface area contributed by atoms with E-state index in [9.17, 15) is 4.79 Å². The molecule has 0 spiro atoms. The summed E-state index contributed by atoms with van der Waals surface area (Å²) in [5, 5.41) is 3.26. The van der Waals surface area contributed by atoms with Gasteiger partial charge in [-0.1, -0.05) is 0 Å². The Bertz CT molecular complexity index is 428. The van der Waals surface area contributed by atoms with Crippen molar-refractivity contribution in [2.45, 2.75) is 31.7 Å². The Hall–Kier alpha value is -1.14. The summed E-state index contributed by atoms with van der Waals surface area (Å²) in [5.74, 6) is 0.121. The molecule has 0 aromatic carbocycles. The Labute approximate surface area is 114 Å². The normalized spacial score (nSPS) is 23.7. The highest BCUT2D eigenvalue weighted by Crippen LogP contribution is 2.25. The van der Waals surface area contributed by atoms with E-state index in [-0.39, 0.29) is 28.4 Å². The molecule has 1 aromatic rings. The van der Waals surface area contributed by atoms with Crippen molar-refractivity contribution in [3.8, 4) is 0 Å². The maximum Gasteiger partial charge on any atom is 0.228 e. The number of hydrogen-bond acceptors (Lipinski definition) is 5. The summed E-state index contributed by atoms with van der Waals surface area (Å²) < 4.78 is 0. The lowest BCUT2D eigenvalue weighted by atomic mass is 9.86. The first-order valence-electron chi connectivity index (χ1n) is 5.67. The number of primary amides is 1. The lowest BCUT2D eigenvalue weighted by Crippen LogP contribution is -2.32. The van der Waals surface area contributed by atoms with Crippen molar-refractivity contribution in [2.24, 2.45) is 11.7 Å². The van der Waals surface area contributed by atoms with Crippen molar-refractivity contribution in [3.63, 3.8) is 0 Å². The van der Waals surface area contributed by atoms with E-state index in [2.05, 4.69) is 20.3 Å². The highest BCUT2D eigenvalue weighted by Gasteiger charge is 2.25. The number of carbonyl (C=O) groups excluding carboxylic acids is 1. The molecule has 1 saturated carbocycles. The molecule has 0 atom stereocenters. The third-order valence-corrected chi connectivity index (χ3v) is 3.38. The van der Waals surface area contributed by atoms with E-state index in [1.165, 1.54) is 0 Å². The molecule has 18 heavy (non-hydrogen) atoms. The van der Waals surface area contributed by atoms with Crippen LogP contribution in [0.2, 0.25) is 10.6 Å². The second-order valence-electron chi connectivity index (χ2n) is 4.29. The summed E-state index contributed by atoms with van der Waals surface area (Å²) in [4.78, 5) is 22.6. The van der Waals surface area contributed by atoms with Crippen molar-refractivity contribution in [1.82, 2.24) is 15.0 Å². The predicted octanol–water partition coefficient (Wildman–Crippen LogP) is 1.63. The summed E-state index contributed by atoms with van der Waals surface area (Å²) in [7, 11) is 0. The van der Waals surface area contributed by atoms with E-state index < -0.39 is 0 Å². The number of anilines is 1. The van der Waals surface area contributed by atoms with Gasteiger partial charge < -0.3 is 11.1 Å². The van der Waals surface area contributed by atoms with Gasteiger partial charge in [-0.2, -0.15) is 15.0 Å². The number of nitrogens with zero attached hydrogens (tertiary/aromatic N) is 3. The average Bonchev–Trinajstić information content (AvgIpc) is 2.28. The first kappa shape index (κ1) is 13.3. The molecule has 2 rings (SSSR count). The molecular formula is C10H13Cl2N5O. The average molecular weight is 290 g/mol. The van der Waals surface area contributed by atoms with Gasteiger partial charge in [0, 0.05) is 12.0 Å². The largest absolute Gasteiger partial charge is 0.369 e. The van der Waals surface area contributed by atoms with Gasteiger partial charge in [-0.25, -0.2) is 0 Å². The summed E-state index contributed by atoms with van der Waals surface area (Å²) in [6.45, 7) is 0.